The van der Waals surface area contributed by atoms with Crippen LogP contribution in [0.15, 0.2) is 18.2 Å². The molecule has 0 heterocycles. The van der Waals surface area contributed by atoms with Gasteiger partial charge in [-0.3, -0.25) is 10.1 Å². The monoisotopic (exact) mass is 254 g/mol. The highest BCUT2D eigenvalue weighted by Gasteiger charge is 2.23. The molecule has 1 unspecified atom stereocenters. The first-order valence-electron chi connectivity index (χ1n) is 6.19. The molecule has 0 aliphatic rings. The minimum absolute atomic E-state index is 0.364. The Hall–Kier alpha value is -1.65. The lowest BCUT2D eigenvalue weighted by Gasteiger charge is -2.25. The Morgan fingerprint density at radius 3 is 2.61 bits per heavy atom. The van der Waals surface area contributed by atoms with Gasteiger partial charge in [-0.15, -0.1) is 0 Å². The largest absolute Gasteiger partial charge is 0.366 e. The summed E-state index contributed by atoms with van der Waals surface area (Å²) in [6.07, 6.45) is 0.986. The lowest BCUT2D eigenvalue weighted by Crippen LogP contribution is -2.28. The lowest BCUT2D eigenvalue weighted by atomic mass is 10.1. The third kappa shape index (κ3) is 3.18. The summed E-state index contributed by atoms with van der Waals surface area (Å²) in [4.78, 5) is 12.2. The van der Waals surface area contributed by atoms with Crippen LogP contribution in [-0.2, 0) is 0 Å². The Balaban J connectivity index is 3.13. The van der Waals surface area contributed by atoms with E-state index in [-0.39, 0.29) is 0 Å². The van der Waals surface area contributed by atoms with Crippen LogP contribution in [-0.4, -0.2) is 18.0 Å². The SMILES string of the molecule is CCC(C)CN(CC)c1cccc(F)c1[N+](=O)[O-]. The van der Waals surface area contributed by atoms with Gasteiger partial charge in [0.25, 0.3) is 0 Å². The van der Waals surface area contributed by atoms with E-state index in [1.165, 1.54) is 6.07 Å². The summed E-state index contributed by atoms with van der Waals surface area (Å²) in [5, 5.41) is 11.0. The summed E-state index contributed by atoms with van der Waals surface area (Å²) in [5.74, 6) is -0.368. The third-order valence-corrected chi connectivity index (χ3v) is 3.10. The number of hydrogen-bond donors (Lipinski definition) is 0. The fraction of sp³-hybridized carbons (Fsp3) is 0.538. The van der Waals surface area contributed by atoms with Crippen LogP contribution in [0.3, 0.4) is 0 Å². The van der Waals surface area contributed by atoms with Gasteiger partial charge in [0.1, 0.15) is 5.69 Å². The van der Waals surface area contributed by atoms with Crippen molar-refractivity contribution >= 4 is 11.4 Å². The van der Waals surface area contributed by atoms with Gasteiger partial charge >= 0.3 is 5.69 Å². The number of nitro groups is 1. The molecular weight excluding hydrogens is 235 g/mol. The van der Waals surface area contributed by atoms with E-state index in [1.54, 1.807) is 6.07 Å². The van der Waals surface area contributed by atoms with E-state index < -0.39 is 16.4 Å². The number of anilines is 1. The predicted octanol–water partition coefficient (Wildman–Crippen LogP) is 3.61. The van der Waals surface area contributed by atoms with Gasteiger partial charge in [-0.25, -0.2) is 0 Å². The summed E-state index contributed by atoms with van der Waals surface area (Å²) < 4.78 is 13.5. The van der Waals surface area contributed by atoms with Crippen LogP contribution >= 0.6 is 0 Å². The van der Waals surface area contributed by atoms with Crippen LogP contribution in [0.5, 0.6) is 0 Å². The highest BCUT2D eigenvalue weighted by Crippen LogP contribution is 2.31. The van der Waals surface area contributed by atoms with Gasteiger partial charge in [-0.05, 0) is 25.0 Å². The zero-order valence-electron chi connectivity index (χ0n) is 11.0. The molecule has 1 rings (SSSR count). The van der Waals surface area contributed by atoms with Gasteiger partial charge < -0.3 is 4.90 Å². The Labute approximate surface area is 107 Å². The zero-order valence-corrected chi connectivity index (χ0v) is 11.0. The van der Waals surface area contributed by atoms with E-state index in [0.717, 1.165) is 12.5 Å². The van der Waals surface area contributed by atoms with Crippen LogP contribution in [0, 0.1) is 21.8 Å². The van der Waals surface area contributed by atoms with E-state index in [4.69, 9.17) is 0 Å². The number of hydrogen-bond acceptors (Lipinski definition) is 3. The summed E-state index contributed by atoms with van der Waals surface area (Å²) in [7, 11) is 0. The van der Waals surface area contributed by atoms with Crippen molar-refractivity contribution in [1.29, 1.82) is 0 Å². The first-order valence-corrected chi connectivity index (χ1v) is 6.19. The molecule has 1 aromatic carbocycles. The quantitative estimate of drug-likeness (QED) is 0.575. The highest BCUT2D eigenvalue weighted by atomic mass is 19.1. The second-order valence-electron chi connectivity index (χ2n) is 4.42. The smallest absolute Gasteiger partial charge is 0.327 e. The number of halogens is 1. The number of nitrogens with zero attached hydrogens (tertiary/aromatic N) is 2. The van der Waals surface area contributed by atoms with Gasteiger partial charge in [0.05, 0.1) is 4.92 Å². The number of nitro benzene ring substituents is 1. The maximum absolute atomic E-state index is 13.5. The van der Waals surface area contributed by atoms with Crippen LogP contribution in [0.2, 0.25) is 0 Å². The average molecular weight is 254 g/mol. The molecule has 1 atom stereocenters. The molecule has 18 heavy (non-hydrogen) atoms. The average Bonchev–Trinajstić information content (AvgIpc) is 2.34. The van der Waals surface area contributed by atoms with Crippen LogP contribution < -0.4 is 4.90 Å². The fourth-order valence-electron chi connectivity index (χ4n) is 1.84. The lowest BCUT2D eigenvalue weighted by molar-refractivity contribution is -0.386. The molecule has 0 radical (unpaired) electrons. The molecular formula is C13H19FN2O2. The van der Waals surface area contributed by atoms with Gasteiger partial charge in [-0.1, -0.05) is 26.3 Å². The highest BCUT2D eigenvalue weighted by molar-refractivity contribution is 5.63. The van der Waals surface area contributed by atoms with Crippen LogP contribution in [0.1, 0.15) is 27.2 Å². The zero-order chi connectivity index (χ0) is 13.7. The number of para-hydroxylation sites is 1. The standard InChI is InChI=1S/C13H19FN2O2/c1-4-10(3)9-15(5-2)12-8-6-7-11(14)13(12)16(17)18/h6-8,10H,4-5,9H2,1-3H3. The van der Waals surface area contributed by atoms with Crippen molar-refractivity contribution in [2.75, 3.05) is 18.0 Å². The molecule has 0 aliphatic heterocycles. The minimum atomic E-state index is -0.778. The first kappa shape index (κ1) is 14.4. The van der Waals surface area contributed by atoms with Crippen molar-refractivity contribution in [2.45, 2.75) is 27.2 Å². The summed E-state index contributed by atoms with van der Waals surface area (Å²) in [6.45, 7) is 7.37. The van der Waals surface area contributed by atoms with E-state index >= 15 is 0 Å². The molecule has 5 heteroatoms. The molecule has 0 fully saturated rings. The third-order valence-electron chi connectivity index (χ3n) is 3.10. The van der Waals surface area contributed by atoms with Gasteiger partial charge in [0.2, 0.25) is 5.82 Å². The maximum Gasteiger partial charge on any atom is 0.327 e. The molecule has 100 valence electrons. The van der Waals surface area contributed by atoms with Gasteiger partial charge in [0, 0.05) is 13.1 Å². The minimum Gasteiger partial charge on any atom is -0.366 e. The van der Waals surface area contributed by atoms with E-state index in [1.807, 2.05) is 11.8 Å². The second kappa shape index (κ2) is 6.33. The van der Waals surface area contributed by atoms with Crippen molar-refractivity contribution < 1.29 is 9.31 Å². The van der Waals surface area contributed by atoms with Crippen LogP contribution in [0.25, 0.3) is 0 Å². The number of rotatable bonds is 6. The number of benzene rings is 1. The van der Waals surface area contributed by atoms with Gasteiger partial charge in [0.15, 0.2) is 0 Å². The second-order valence-corrected chi connectivity index (χ2v) is 4.42. The Bertz CT molecular complexity index is 423. The molecule has 0 saturated heterocycles. The first-order chi connectivity index (χ1) is 8.51. The molecule has 4 nitrogen and oxygen atoms in total. The normalized spacial score (nSPS) is 12.2. The Kier molecular flexibility index (Phi) is 5.07. The van der Waals surface area contributed by atoms with E-state index in [9.17, 15) is 14.5 Å². The van der Waals surface area contributed by atoms with Crippen molar-refractivity contribution in [3.8, 4) is 0 Å². The van der Waals surface area contributed by atoms with E-state index in [2.05, 4.69) is 13.8 Å². The summed E-state index contributed by atoms with van der Waals surface area (Å²) in [5.41, 5.74) is -0.0644. The molecule has 0 aliphatic carbocycles. The molecule has 0 amide bonds. The molecule has 0 spiro atoms. The molecule has 0 N–H and O–H groups in total. The summed E-state index contributed by atoms with van der Waals surface area (Å²) >= 11 is 0. The van der Waals surface area contributed by atoms with Crippen LogP contribution in [0.4, 0.5) is 15.8 Å². The predicted molar refractivity (Wildman–Crippen MR) is 70.4 cm³/mol. The topological polar surface area (TPSA) is 46.4 Å². The van der Waals surface area contributed by atoms with Crippen molar-refractivity contribution in [3.05, 3.63) is 34.1 Å². The Morgan fingerprint density at radius 1 is 1.44 bits per heavy atom. The summed E-state index contributed by atoms with van der Waals surface area (Å²) in [6, 6.07) is 4.24. The molecule has 0 saturated carbocycles. The van der Waals surface area contributed by atoms with E-state index in [0.29, 0.717) is 24.7 Å². The van der Waals surface area contributed by atoms with Crippen molar-refractivity contribution in [1.82, 2.24) is 0 Å². The molecule has 0 bridgehead atoms. The fourth-order valence-corrected chi connectivity index (χ4v) is 1.84. The molecule has 1 aromatic rings. The van der Waals surface area contributed by atoms with Crippen molar-refractivity contribution in [3.63, 3.8) is 0 Å². The molecule has 0 aromatic heterocycles. The van der Waals surface area contributed by atoms with Gasteiger partial charge in [-0.2, -0.15) is 4.39 Å². The maximum atomic E-state index is 13.5. The van der Waals surface area contributed by atoms with Crippen molar-refractivity contribution in [2.24, 2.45) is 5.92 Å². The Morgan fingerprint density at radius 2 is 2.11 bits per heavy atom.